The maximum Gasteiger partial charge on any atom is 0.341 e. The van der Waals surface area contributed by atoms with Crippen molar-refractivity contribution in [2.24, 2.45) is 0 Å². The maximum absolute atomic E-state index is 14.4. The molecule has 3 heterocycles. The van der Waals surface area contributed by atoms with Crippen molar-refractivity contribution in [2.75, 3.05) is 13.2 Å². The lowest BCUT2D eigenvalue weighted by Crippen LogP contribution is -2.52. The molecular formula is C26H22F3N3O4. The number of alkyl halides is 1. The lowest BCUT2D eigenvalue weighted by Gasteiger charge is -2.37. The van der Waals surface area contributed by atoms with Crippen LogP contribution in [0.1, 0.15) is 37.3 Å². The number of carboxylic acid groups (broad SMARTS) is 1. The predicted molar refractivity (Wildman–Crippen MR) is 125 cm³/mol. The lowest BCUT2D eigenvalue weighted by atomic mass is 9.79. The molecule has 0 radical (unpaired) electrons. The Morgan fingerprint density at radius 2 is 1.89 bits per heavy atom. The number of pyridine rings is 1. The number of aromatic amines is 1. The quantitative estimate of drug-likeness (QED) is 0.389. The summed E-state index contributed by atoms with van der Waals surface area (Å²) in [7, 11) is 0. The minimum atomic E-state index is -2.31. The Labute approximate surface area is 203 Å². The first-order valence-corrected chi connectivity index (χ1v) is 11.8. The number of aromatic nitrogens is 3. The largest absolute Gasteiger partial charge is 0.479 e. The Morgan fingerprint density at radius 3 is 2.61 bits per heavy atom. The van der Waals surface area contributed by atoms with Gasteiger partial charge >= 0.3 is 5.97 Å². The van der Waals surface area contributed by atoms with E-state index in [1.165, 1.54) is 6.07 Å². The van der Waals surface area contributed by atoms with Crippen LogP contribution in [0.5, 0.6) is 5.88 Å². The molecule has 0 bridgehead atoms. The summed E-state index contributed by atoms with van der Waals surface area (Å²) in [6.45, 7) is 1.06. The molecule has 0 spiro atoms. The van der Waals surface area contributed by atoms with Crippen LogP contribution in [0.2, 0.25) is 0 Å². The minimum Gasteiger partial charge on any atom is -0.479 e. The van der Waals surface area contributed by atoms with Crippen LogP contribution in [0.15, 0.2) is 36.5 Å². The number of carboxylic acids is 1. The second-order valence-corrected chi connectivity index (χ2v) is 9.47. The van der Waals surface area contributed by atoms with E-state index in [2.05, 4.69) is 10.2 Å². The average molecular weight is 497 g/mol. The molecule has 0 atom stereocenters. The number of ether oxygens (including phenoxy) is 2. The first kappa shape index (κ1) is 22.8. The molecule has 36 heavy (non-hydrogen) atoms. The van der Waals surface area contributed by atoms with Crippen LogP contribution in [0, 0.1) is 11.6 Å². The fourth-order valence-electron chi connectivity index (χ4n) is 5.13. The van der Waals surface area contributed by atoms with Gasteiger partial charge in [-0.25, -0.2) is 22.9 Å². The molecule has 10 heteroatoms. The Morgan fingerprint density at radius 1 is 1.11 bits per heavy atom. The zero-order chi connectivity index (χ0) is 25.0. The van der Waals surface area contributed by atoms with Crippen LogP contribution in [-0.4, -0.2) is 51.2 Å². The zero-order valence-electron chi connectivity index (χ0n) is 19.1. The van der Waals surface area contributed by atoms with Gasteiger partial charge < -0.3 is 14.6 Å². The van der Waals surface area contributed by atoms with Gasteiger partial charge in [0.1, 0.15) is 6.10 Å². The predicted octanol–water partition coefficient (Wildman–Crippen LogP) is 5.28. The molecular weight excluding hydrogens is 475 g/mol. The molecule has 2 aliphatic rings. The minimum absolute atomic E-state index is 0.0330. The highest BCUT2D eigenvalue weighted by Crippen LogP contribution is 2.45. The van der Waals surface area contributed by atoms with Crippen molar-refractivity contribution in [3.05, 3.63) is 53.9 Å². The van der Waals surface area contributed by atoms with Crippen molar-refractivity contribution in [3.8, 4) is 17.0 Å². The molecule has 2 aromatic heterocycles. The van der Waals surface area contributed by atoms with Crippen LogP contribution in [0.4, 0.5) is 13.2 Å². The topological polar surface area (TPSA) is 97.3 Å². The molecule has 0 amide bonds. The first-order chi connectivity index (χ1) is 17.3. The van der Waals surface area contributed by atoms with E-state index in [0.717, 1.165) is 17.5 Å². The summed E-state index contributed by atoms with van der Waals surface area (Å²) < 4.78 is 54.2. The van der Waals surface area contributed by atoms with Gasteiger partial charge in [-0.05, 0) is 48.1 Å². The second-order valence-electron chi connectivity index (χ2n) is 9.47. The van der Waals surface area contributed by atoms with Gasteiger partial charge in [0.15, 0.2) is 11.6 Å². The number of carbonyl (C=O) groups is 1. The van der Waals surface area contributed by atoms with Crippen LogP contribution < -0.4 is 4.74 Å². The highest BCUT2D eigenvalue weighted by Gasteiger charge is 2.53. The first-order valence-electron chi connectivity index (χ1n) is 11.8. The molecule has 1 saturated carbocycles. The monoisotopic (exact) mass is 497 g/mol. The fraction of sp³-hybridized carbons (Fsp3) is 0.346. The van der Waals surface area contributed by atoms with E-state index in [-0.39, 0.29) is 24.6 Å². The van der Waals surface area contributed by atoms with Crippen LogP contribution in [-0.2, 0) is 9.53 Å². The van der Waals surface area contributed by atoms with Crippen LogP contribution >= 0.6 is 0 Å². The summed E-state index contributed by atoms with van der Waals surface area (Å²) in [5, 5.41) is 18.2. The van der Waals surface area contributed by atoms with Gasteiger partial charge in [0.05, 0.1) is 17.4 Å². The van der Waals surface area contributed by atoms with Crippen LogP contribution in [0.3, 0.4) is 0 Å². The molecule has 4 aromatic rings. The third kappa shape index (κ3) is 3.76. The number of hydrogen-bond acceptors (Lipinski definition) is 5. The summed E-state index contributed by atoms with van der Waals surface area (Å²) >= 11 is 0. The number of halogens is 3. The molecule has 2 N–H and O–H groups in total. The second kappa shape index (κ2) is 8.48. The zero-order valence-corrected chi connectivity index (χ0v) is 19.1. The molecule has 2 aromatic carbocycles. The van der Waals surface area contributed by atoms with Gasteiger partial charge in [0.2, 0.25) is 11.5 Å². The number of benzene rings is 2. The average Bonchev–Trinajstić information content (AvgIpc) is 3.31. The van der Waals surface area contributed by atoms with Crippen LogP contribution in [0.25, 0.3) is 32.8 Å². The number of aliphatic carboxylic acids is 1. The third-order valence-electron chi connectivity index (χ3n) is 7.14. The van der Waals surface area contributed by atoms with E-state index < -0.39 is 29.4 Å². The van der Waals surface area contributed by atoms with E-state index in [1.54, 1.807) is 12.3 Å². The Hall–Kier alpha value is -3.66. The number of hydrogen-bond donors (Lipinski definition) is 2. The van der Waals surface area contributed by atoms with E-state index >= 15 is 0 Å². The number of H-pyrrole nitrogens is 1. The van der Waals surface area contributed by atoms with Gasteiger partial charge in [-0.3, -0.25) is 5.10 Å². The van der Waals surface area contributed by atoms with E-state index in [0.29, 0.717) is 59.2 Å². The summed E-state index contributed by atoms with van der Waals surface area (Å²) in [6.07, 6.45) is 1.80. The van der Waals surface area contributed by atoms with E-state index in [4.69, 9.17) is 19.6 Å². The Bertz CT molecular complexity index is 1490. The van der Waals surface area contributed by atoms with Crippen molar-refractivity contribution >= 4 is 27.6 Å². The number of nitrogens with one attached hydrogen (secondary N) is 1. The smallest absolute Gasteiger partial charge is 0.341 e. The standard InChI is InChI=1S/C26H22F3N3O4/c27-19-2-1-14(8-20(19)28)22-17-7-15-12-30-32-21(15)9-18(17)24(31-23(22)13-3-5-35-6-4-13)36-16-10-26(29,11-16)25(33)34/h1-2,7-9,12-13,16H,3-6,10-11H2,(H,30,32)(H,33,34). The van der Waals surface area contributed by atoms with Crippen molar-refractivity contribution in [1.29, 1.82) is 0 Å². The third-order valence-corrected chi connectivity index (χ3v) is 7.14. The number of fused-ring (bicyclic) bond motifs is 2. The molecule has 7 nitrogen and oxygen atoms in total. The molecule has 1 aliphatic heterocycles. The highest BCUT2D eigenvalue weighted by atomic mass is 19.2. The Kier molecular flexibility index (Phi) is 5.36. The van der Waals surface area contributed by atoms with Gasteiger partial charge in [-0.2, -0.15) is 5.10 Å². The SMILES string of the molecule is O=C(O)C1(F)CC(Oc2nc(C3CCOCC3)c(-c3ccc(F)c(F)c3)c3cc4cn[nH]c4cc23)C1. The van der Waals surface area contributed by atoms with E-state index in [1.807, 2.05) is 6.07 Å². The highest BCUT2D eigenvalue weighted by molar-refractivity contribution is 6.06. The van der Waals surface area contributed by atoms with Crippen molar-refractivity contribution in [2.45, 2.75) is 43.4 Å². The number of nitrogens with zero attached hydrogens (tertiary/aromatic N) is 2. The summed E-state index contributed by atoms with van der Waals surface area (Å²) in [5.74, 6) is -3.21. The molecule has 186 valence electrons. The molecule has 1 aliphatic carbocycles. The summed E-state index contributed by atoms with van der Waals surface area (Å²) in [4.78, 5) is 16.1. The van der Waals surface area contributed by atoms with Crippen molar-refractivity contribution in [1.82, 2.24) is 15.2 Å². The number of rotatable bonds is 5. The molecule has 0 unspecified atom stereocenters. The lowest BCUT2D eigenvalue weighted by molar-refractivity contribution is -0.164. The van der Waals surface area contributed by atoms with Crippen molar-refractivity contribution in [3.63, 3.8) is 0 Å². The summed E-state index contributed by atoms with van der Waals surface area (Å²) in [6, 6.07) is 7.46. The molecule has 1 saturated heterocycles. The Balaban J connectivity index is 1.56. The van der Waals surface area contributed by atoms with Crippen molar-refractivity contribution < 1.29 is 32.5 Å². The maximum atomic E-state index is 14.4. The molecule has 2 fully saturated rings. The van der Waals surface area contributed by atoms with Gasteiger partial charge in [0.25, 0.3) is 0 Å². The van der Waals surface area contributed by atoms with Gasteiger partial charge in [-0.1, -0.05) is 6.07 Å². The van der Waals surface area contributed by atoms with E-state index in [9.17, 15) is 18.0 Å². The summed E-state index contributed by atoms with van der Waals surface area (Å²) in [5.41, 5.74) is 0.179. The van der Waals surface area contributed by atoms with Gasteiger partial charge in [-0.15, -0.1) is 0 Å². The normalized spacial score (nSPS) is 22.6. The van der Waals surface area contributed by atoms with Gasteiger partial charge in [0, 0.05) is 48.3 Å². The fourth-order valence-corrected chi connectivity index (χ4v) is 5.13. The molecule has 6 rings (SSSR count).